The Morgan fingerprint density at radius 2 is 2.10 bits per heavy atom. The predicted molar refractivity (Wildman–Crippen MR) is 82.0 cm³/mol. The van der Waals surface area contributed by atoms with Crippen molar-refractivity contribution >= 4 is 17.5 Å². The second-order valence-electron chi connectivity index (χ2n) is 5.30. The molecule has 0 aliphatic heterocycles. The fourth-order valence-corrected chi connectivity index (χ4v) is 1.86. The van der Waals surface area contributed by atoms with Gasteiger partial charge in [0.1, 0.15) is 5.75 Å². The molecule has 0 aliphatic carbocycles. The molecule has 0 unspecified atom stereocenters. The maximum absolute atomic E-state index is 11.6. The minimum Gasteiger partial charge on any atom is -0.482 e. The number of nitrogens with one attached hydrogen (secondary N) is 1. The van der Waals surface area contributed by atoms with Gasteiger partial charge in [0, 0.05) is 12.6 Å². The average Bonchev–Trinajstić information content (AvgIpc) is 2.36. The summed E-state index contributed by atoms with van der Waals surface area (Å²) in [6.45, 7) is 6.74. The van der Waals surface area contributed by atoms with E-state index in [-0.39, 0.29) is 18.6 Å². The molecule has 0 spiro atoms. The van der Waals surface area contributed by atoms with Crippen molar-refractivity contribution in [2.24, 2.45) is 11.7 Å². The van der Waals surface area contributed by atoms with Crippen molar-refractivity contribution in [3.63, 3.8) is 0 Å². The second kappa shape index (κ2) is 8.12. The summed E-state index contributed by atoms with van der Waals surface area (Å²) in [5.74, 6) is 0.921. The molecular weight excluding hydrogens is 276 g/mol. The van der Waals surface area contributed by atoms with E-state index in [4.69, 9.17) is 22.1 Å². The van der Waals surface area contributed by atoms with Crippen molar-refractivity contribution in [2.45, 2.75) is 33.2 Å². The molecule has 1 rings (SSSR count). The maximum atomic E-state index is 11.6. The van der Waals surface area contributed by atoms with Crippen molar-refractivity contribution < 1.29 is 9.53 Å². The fourth-order valence-electron chi connectivity index (χ4n) is 1.61. The Balaban J connectivity index is 2.43. The molecule has 0 aromatic heterocycles. The number of nitrogens with two attached hydrogens (primary N) is 1. The van der Waals surface area contributed by atoms with Crippen molar-refractivity contribution in [2.75, 3.05) is 13.2 Å². The zero-order chi connectivity index (χ0) is 15.1. The quantitative estimate of drug-likeness (QED) is 0.813. The highest BCUT2D eigenvalue weighted by atomic mass is 35.5. The zero-order valence-electron chi connectivity index (χ0n) is 12.3. The summed E-state index contributed by atoms with van der Waals surface area (Å²) in [4.78, 5) is 11.6. The van der Waals surface area contributed by atoms with Gasteiger partial charge in [-0.25, -0.2) is 0 Å². The van der Waals surface area contributed by atoms with Gasteiger partial charge in [-0.15, -0.1) is 0 Å². The lowest BCUT2D eigenvalue weighted by molar-refractivity contribution is -0.123. The van der Waals surface area contributed by atoms with Crippen molar-refractivity contribution in [1.82, 2.24) is 5.32 Å². The molecule has 0 bridgehead atoms. The van der Waals surface area contributed by atoms with E-state index in [1.807, 2.05) is 13.0 Å². The first-order chi connectivity index (χ1) is 9.40. The molecule has 1 amide bonds. The van der Waals surface area contributed by atoms with Gasteiger partial charge in [0.25, 0.3) is 5.91 Å². The molecular formula is C15H23ClN2O2. The van der Waals surface area contributed by atoms with E-state index in [0.29, 0.717) is 23.2 Å². The Labute approximate surface area is 125 Å². The molecule has 112 valence electrons. The molecule has 0 radical (unpaired) electrons. The third kappa shape index (κ3) is 5.80. The third-order valence-corrected chi connectivity index (χ3v) is 3.18. The largest absolute Gasteiger partial charge is 0.482 e. The number of halogens is 1. The van der Waals surface area contributed by atoms with E-state index in [9.17, 15) is 4.79 Å². The lowest BCUT2D eigenvalue weighted by Gasteiger charge is -2.11. The molecule has 1 aromatic carbocycles. The normalized spacial score (nSPS) is 12.3. The van der Waals surface area contributed by atoms with Gasteiger partial charge in [-0.3, -0.25) is 4.79 Å². The minimum atomic E-state index is -0.141. The van der Waals surface area contributed by atoms with Crippen molar-refractivity contribution in [1.29, 1.82) is 0 Å². The number of hydrogen-bond acceptors (Lipinski definition) is 3. The topological polar surface area (TPSA) is 64.3 Å². The van der Waals surface area contributed by atoms with Crippen LogP contribution in [-0.2, 0) is 4.79 Å². The molecule has 1 atom stereocenters. The Kier molecular flexibility index (Phi) is 6.82. The monoisotopic (exact) mass is 298 g/mol. The predicted octanol–water partition coefficient (Wildman–Crippen LogP) is 2.90. The molecule has 20 heavy (non-hydrogen) atoms. The number of carbonyl (C=O) groups is 1. The standard InChI is InChI=1S/C15H23ClN2O2/c1-10(2)6-7-18-15(19)9-20-14-5-4-12(11(3)17)8-13(14)16/h4-5,8,10-11H,6-7,9,17H2,1-3H3,(H,18,19)/t11-/m0/s1. The van der Waals surface area contributed by atoms with Crippen LogP contribution in [0.2, 0.25) is 5.02 Å². The van der Waals surface area contributed by atoms with Gasteiger partial charge in [-0.05, 0) is 37.0 Å². The van der Waals surface area contributed by atoms with Crippen LogP contribution in [-0.4, -0.2) is 19.1 Å². The summed E-state index contributed by atoms with van der Waals surface area (Å²) in [6.07, 6.45) is 0.954. The van der Waals surface area contributed by atoms with Crippen LogP contribution in [0.25, 0.3) is 0 Å². The van der Waals surface area contributed by atoms with Gasteiger partial charge in [-0.1, -0.05) is 31.5 Å². The van der Waals surface area contributed by atoms with Crippen LogP contribution < -0.4 is 15.8 Å². The lowest BCUT2D eigenvalue weighted by atomic mass is 10.1. The highest BCUT2D eigenvalue weighted by Crippen LogP contribution is 2.27. The summed E-state index contributed by atoms with van der Waals surface area (Å²) in [7, 11) is 0. The fraction of sp³-hybridized carbons (Fsp3) is 0.533. The number of rotatable bonds is 7. The maximum Gasteiger partial charge on any atom is 0.257 e. The van der Waals surface area contributed by atoms with Crippen molar-refractivity contribution in [3.05, 3.63) is 28.8 Å². The van der Waals surface area contributed by atoms with Crippen LogP contribution in [0.15, 0.2) is 18.2 Å². The van der Waals surface area contributed by atoms with Gasteiger partial charge in [0.05, 0.1) is 5.02 Å². The van der Waals surface area contributed by atoms with Crippen LogP contribution in [0.1, 0.15) is 38.8 Å². The van der Waals surface area contributed by atoms with Crippen LogP contribution in [0.4, 0.5) is 0 Å². The number of benzene rings is 1. The minimum absolute atomic E-state index is 0.0324. The molecule has 5 heteroatoms. The molecule has 0 aliphatic rings. The summed E-state index contributed by atoms with van der Waals surface area (Å²) in [5.41, 5.74) is 6.70. The van der Waals surface area contributed by atoms with Gasteiger partial charge >= 0.3 is 0 Å². The van der Waals surface area contributed by atoms with Crippen molar-refractivity contribution in [3.8, 4) is 5.75 Å². The number of hydrogen-bond donors (Lipinski definition) is 2. The first-order valence-electron chi connectivity index (χ1n) is 6.84. The molecule has 0 fully saturated rings. The lowest BCUT2D eigenvalue weighted by Crippen LogP contribution is -2.30. The van der Waals surface area contributed by atoms with E-state index in [1.54, 1.807) is 12.1 Å². The molecule has 1 aromatic rings. The van der Waals surface area contributed by atoms with Crippen LogP contribution in [0, 0.1) is 5.92 Å². The Morgan fingerprint density at radius 3 is 2.65 bits per heavy atom. The van der Waals surface area contributed by atoms with Gasteiger partial charge in [-0.2, -0.15) is 0 Å². The van der Waals surface area contributed by atoms with E-state index in [0.717, 1.165) is 12.0 Å². The number of carbonyl (C=O) groups excluding carboxylic acids is 1. The average molecular weight is 299 g/mol. The van der Waals surface area contributed by atoms with E-state index < -0.39 is 0 Å². The molecule has 0 saturated carbocycles. The Bertz CT molecular complexity index is 447. The van der Waals surface area contributed by atoms with Crippen LogP contribution >= 0.6 is 11.6 Å². The molecule has 0 saturated heterocycles. The summed E-state index contributed by atoms with van der Waals surface area (Å²) >= 11 is 6.09. The SMILES string of the molecule is CC(C)CCNC(=O)COc1ccc([C@H](C)N)cc1Cl. The summed E-state index contributed by atoms with van der Waals surface area (Å²) in [5, 5.41) is 3.27. The zero-order valence-corrected chi connectivity index (χ0v) is 13.0. The van der Waals surface area contributed by atoms with Gasteiger partial charge in [0.2, 0.25) is 0 Å². The molecule has 0 heterocycles. The van der Waals surface area contributed by atoms with E-state index in [2.05, 4.69) is 19.2 Å². The Hall–Kier alpha value is -1.26. The highest BCUT2D eigenvalue weighted by Gasteiger charge is 2.08. The molecule has 4 nitrogen and oxygen atoms in total. The van der Waals surface area contributed by atoms with Crippen LogP contribution in [0.5, 0.6) is 5.75 Å². The van der Waals surface area contributed by atoms with Crippen LogP contribution in [0.3, 0.4) is 0 Å². The van der Waals surface area contributed by atoms with Gasteiger partial charge < -0.3 is 15.8 Å². The second-order valence-corrected chi connectivity index (χ2v) is 5.71. The first kappa shape index (κ1) is 16.8. The summed E-state index contributed by atoms with van der Waals surface area (Å²) < 4.78 is 5.41. The highest BCUT2D eigenvalue weighted by molar-refractivity contribution is 6.32. The van der Waals surface area contributed by atoms with Gasteiger partial charge in [0.15, 0.2) is 6.61 Å². The molecule has 3 N–H and O–H groups in total. The smallest absolute Gasteiger partial charge is 0.257 e. The van der Waals surface area contributed by atoms with E-state index >= 15 is 0 Å². The third-order valence-electron chi connectivity index (χ3n) is 2.88. The number of amides is 1. The van der Waals surface area contributed by atoms with E-state index in [1.165, 1.54) is 0 Å². The first-order valence-corrected chi connectivity index (χ1v) is 7.22. The number of ether oxygens (including phenoxy) is 1. The summed E-state index contributed by atoms with van der Waals surface area (Å²) in [6, 6.07) is 5.27. The Morgan fingerprint density at radius 1 is 1.40 bits per heavy atom.